The summed E-state index contributed by atoms with van der Waals surface area (Å²) in [4.78, 5) is 0. The van der Waals surface area contributed by atoms with Gasteiger partial charge < -0.3 is 4.74 Å². The van der Waals surface area contributed by atoms with E-state index in [1.807, 2.05) is 19.1 Å². The average Bonchev–Trinajstić information content (AvgIpc) is 2.03. The van der Waals surface area contributed by atoms with Gasteiger partial charge in [0, 0.05) is 27.2 Å². The zero-order chi connectivity index (χ0) is 8.10. The lowest BCUT2D eigenvalue weighted by atomic mass is 10.0. The summed E-state index contributed by atoms with van der Waals surface area (Å²) in [6, 6.07) is 0. The summed E-state index contributed by atoms with van der Waals surface area (Å²) in [6.45, 7) is 2.94. The lowest BCUT2D eigenvalue weighted by molar-refractivity contribution is 0.0482. The molecule has 0 bridgehead atoms. The SMILES string of the molecule is CN(C)NCC1CCCOC1. The zero-order valence-corrected chi connectivity index (χ0v) is 7.47. The van der Waals surface area contributed by atoms with Gasteiger partial charge in [0.1, 0.15) is 0 Å². The standard InChI is InChI=1S/C8H18N2O/c1-10(2)9-6-8-4-3-5-11-7-8/h8-9H,3-7H2,1-2H3. The summed E-state index contributed by atoms with van der Waals surface area (Å²) < 4.78 is 5.36. The van der Waals surface area contributed by atoms with Gasteiger partial charge in [-0.3, -0.25) is 10.4 Å². The van der Waals surface area contributed by atoms with Gasteiger partial charge in [0.25, 0.3) is 0 Å². The molecule has 1 saturated heterocycles. The van der Waals surface area contributed by atoms with Crippen LogP contribution in [0.3, 0.4) is 0 Å². The first-order chi connectivity index (χ1) is 5.29. The van der Waals surface area contributed by atoms with Gasteiger partial charge in [-0.1, -0.05) is 0 Å². The monoisotopic (exact) mass is 158 g/mol. The van der Waals surface area contributed by atoms with Crippen LogP contribution in [0.4, 0.5) is 0 Å². The van der Waals surface area contributed by atoms with Crippen molar-refractivity contribution in [3.05, 3.63) is 0 Å². The van der Waals surface area contributed by atoms with Gasteiger partial charge in [-0.15, -0.1) is 0 Å². The molecule has 0 spiro atoms. The third kappa shape index (κ3) is 3.70. The fourth-order valence-electron chi connectivity index (χ4n) is 1.28. The molecule has 3 nitrogen and oxygen atoms in total. The van der Waals surface area contributed by atoms with Crippen LogP contribution in [-0.4, -0.2) is 38.9 Å². The molecule has 1 atom stereocenters. The van der Waals surface area contributed by atoms with Crippen molar-refractivity contribution in [3.8, 4) is 0 Å². The molecule has 1 rings (SSSR count). The maximum Gasteiger partial charge on any atom is 0.0506 e. The molecule has 0 radical (unpaired) electrons. The van der Waals surface area contributed by atoms with E-state index >= 15 is 0 Å². The first kappa shape index (κ1) is 8.97. The van der Waals surface area contributed by atoms with Crippen molar-refractivity contribution in [1.82, 2.24) is 10.4 Å². The molecule has 3 heteroatoms. The molecule has 66 valence electrons. The van der Waals surface area contributed by atoms with Crippen molar-refractivity contribution in [3.63, 3.8) is 0 Å². The highest BCUT2D eigenvalue weighted by atomic mass is 16.5. The fourth-order valence-corrected chi connectivity index (χ4v) is 1.28. The number of hydrazine groups is 1. The summed E-state index contributed by atoms with van der Waals surface area (Å²) in [5, 5.41) is 1.99. The van der Waals surface area contributed by atoms with E-state index in [0.717, 1.165) is 19.8 Å². The predicted molar refractivity (Wildman–Crippen MR) is 45.2 cm³/mol. The Kier molecular flexibility index (Phi) is 3.83. The second kappa shape index (κ2) is 4.70. The van der Waals surface area contributed by atoms with Crippen molar-refractivity contribution in [2.24, 2.45) is 5.92 Å². The summed E-state index contributed by atoms with van der Waals surface area (Å²) in [6.07, 6.45) is 2.53. The number of rotatable bonds is 3. The van der Waals surface area contributed by atoms with Crippen LogP contribution in [-0.2, 0) is 4.74 Å². The molecule has 0 aromatic carbocycles. The lowest BCUT2D eigenvalue weighted by Crippen LogP contribution is -2.37. The Morgan fingerprint density at radius 3 is 2.91 bits per heavy atom. The number of nitrogens with zero attached hydrogens (tertiary/aromatic N) is 1. The Morgan fingerprint density at radius 1 is 1.55 bits per heavy atom. The van der Waals surface area contributed by atoms with Crippen molar-refractivity contribution >= 4 is 0 Å². The first-order valence-electron chi connectivity index (χ1n) is 4.27. The van der Waals surface area contributed by atoms with Crippen LogP contribution in [0.5, 0.6) is 0 Å². The quantitative estimate of drug-likeness (QED) is 0.605. The van der Waals surface area contributed by atoms with Crippen molar-refractivity contribution < 1.29 is 4.74 Å². The van der Waals surface area contributed by atoms with Gasteiger partial charge >= 0.3 is 0 Å². The van der Waals surface area contributed by atoms with Crippen LogP contribution in [0, 0.1) is 5.92 Å². The minimum atomic E-state index is 0.714. The van der Waals surface area contributed by atoms with Crippen LogP contribution < -0.4 is 5.43 Å². The lowest BCUT2D eigenvalue weighted by Gasteiger charge is -2.23. The second-order valence-electron chi connectivity index (χ2n) is 3.34. The smallest absolute Gasteiger partial charge is 0.0506 e. The van der Waals surface area contributed by atoms with Crippen molar-refractivity contribution in [2.45, 2.75) is 12.8 Å². The van der Waals surface area contributed by atoms with Gasteiger partial charge in [0.05, 0.1) is 6.61 Å². The minimum Gasteiger partial charge on any atom is -0.381 e. The molecule has 1 N–H and O–H groups in total. The normalized spacial score (nSPS) is 25.9. The van der Waals surface area contributed by atoms with E-state index in [1.165, 1.54) is 12.8 Å². The summed E-state index contributed by atoms with van der Waals surface area (Å²) in [7, 11) is 4.04. The Labute approximate surface area is 68.7 Å². The summed E-state index contributed by atoms with van der Waals surface area (Å²) >= 11 is 0. The molecule has 1 aliphatic rings. The van der Waals surface area contributed by atoms with Gasteiger partial charge in [-0.25, -0.2) is 0 Å². The maximum absolute atomic E-state index is 5.36. The highest BCUT2D eigenvalue weighted by molar-refractivity contribution is 4.64. The van der Waals surface area contributed by atoms with Crippen LogP contribution >= 0.6 is 0 Å². The molecule has 11 heavy (non-hydrogen) atoms. The minimum absolute atomic E-state index is 0.714. The molecular formula is C8H18N2O. The molecule has 1 heterocycles. The molecule has 0 aliphatic carbocycles. The Morgan fingerprint density at radius 2 is 2.36 bits per heavy atom. The number of ether oxygens (including phenoxy) is 1. The predicted octanol–water partition coefficient (Wildman–Crippen LogP) is 0.479. The van der Waals surface area contributed by atoms with Gasteiger partial charge in [-0.2, -0.15) is 0 Å². The van der Waals surface area contributed by atoms with Gasteiger partial charge in [0.15, 0.2) is 0 Å². The van der Waals surface area contributed by atoms with E-state index in [1.54, 1.807) is 0 Å². The third-order valence-corrected chi connectivity index (χ3v) is 1.95. The summed E-state index contributed by atoms with van der Waals surface area (Å²) in [5.74, 6) is 0.714. The van der Waals surface area contributed by atoms with E-state index in [0.29, 0.717) is 5.92 Å². The van der Waals surface area contributed by atoms with E-state index in [-0.39, 0.29) is 0 Å². The second-order valence-corrected chi connectivity index (χ2v) is 3.34. The molecule has 0 aromatic rings. The van der Waals surface area contributed by atoms with Crippen LogP contribution in [0.1, 0.15) is 12.8 Å². The molecule has 1 unspecified atom stereocenters. The van der Waals surface area contributed by atoms with Crippen molar-refractivity contribution in [1.29, 1.82) is 0 Å². The van der Waals surface area contributed by atoms with E-state index in [4.69, 9.17) is 4.74 Å². The topological polar surface area (TPSA) is 24.5 Å². The third-order valence-electron chi connectivity index (χ3n) is 1.95. The first-order valence-corrected chi connectivity index (χ1v) is 4.27. The fraction of sp³-hybridized carbons (Fsp3) is 1.00. The van der Waals surface area contributed by atoms with E-state index in [9.17, 15) is 0 Å². The highest BCUT2D eigenvalue weighted by Crippen LogP contribution is 2.11. The highest BCUT2D eigenvalue weighted by Gasteiger charge is 2.12. The Hall–Kier alpha value is -0.120. The van der Waals surface area contributed by atoms with E-state index in [2.05, 4.69) is 5.43 Å². The average molecular weight is 158 g/mol. The summed E-state index contributed by atoms with van der Waals surface area (Å²) in [5.41, 5.74) is 3.27. The zero-order valence-electron chi connectivity index (χ0n) is 7.47. The van der Waals surface area contributed by atoms with Gasteiger partial charge in [-0.05, 0) is 18.8 Å². The Balaban J connectivity index is 2.05. The number of nitrogens with one attached hydrogen (secondary N) is 1. The van der Waals surface area contributed by atoms with E-state index < -0.39 is 0 Å². The molecular weight excluding hydrogens is 140 g/mol. The molecule has 0 amide bonds. The van der Waals surface area contributed by atoms with Crippen LogP contribution in [0.25, 0.3) is 0 Å². The molecule has 1 fully saturated rings. The van der Waals surface area contributed by atoms with Crippen LogP contribution in [0.2, 0.25) is 0 Å². The van der Waals surface area contributed by atoms with Gasteiger partial charge in [0.2, 0.25) is 0 Å². The number of hydrogen-bond donors (Lipinski definition) is 1. The molecule has 0 saturated carbocycles. The molecule has 1 aliphatic heterocycles. The largest absolute Gasteiger partial charge is 0.381 e. The molecule has 0 aromatic heterocycles. The maximum atomic E-state index is 5.36. The Bertz CT molecular complexity index is 100. The van der Waals surface area contributed by atoms with Crippen LogP contribution in [0.15, 0.2) is 0 Å². The van der Waals surface area contributed by atoms with Crippen molar-refractivity contribution in [2.75, 3.05) is 33.9 Å². The number of hydrogen-bond acceptors (Lipinski definition) is 3.